The highest BCUT2D eigenvalue weighted by Gasteiger charge is 2.08. The molecule has 0 saturated carbocycles. The van der Waals surface area contributed by atoms with Crippen molar-refractivity contribution in [1.29, 1.82) is 0 Å². The number of nitrogens with one attached hydrogen (secondary N) is 2. The first kappa shape index (κ1) is 8.78. The monoisotopic (exact) mass is 214 g/mol. The predicted molar refractivity (Wildman–Crippen MR) is 58.3 cm³/mol. The van der Waals surface area contributed by atoms with E-state index in [4.69, 9.17) is 0 Å². The van der Waals surface area contributed by atoms with Gasteiger partial charge in [-0.3, -0.25) is 9.59 Å². The summed E-state index contributed by atoms with van der Waals surface area (Å²) < 4.78 is 0. The van der Waals surface area contributed by atoms with Gasteiger partial charge in [0.25, 0.3) is 5.56 Å². The minimum Gasteiger partial charge on any atom is -0.320 e. The highest BCUT2D eigenvalue weighted by Crippen LogP contribution is 2.05. The van der Waals surface area contributed by atoms with E-state index in [0.717, 1.165) is 0 Å². The Kier molecular flexibility index (Phi) is 1.64. The van der Waals surface area contributed by atoms with Crippen LogP contribution < -0.4 is 11.0 Å². The second-order valence-electron chi connectivity index (χ2n) is 3.35. The van der Waals surface area contributed by atoms with Gasteiger partial charge in [-0.05, 0) is 12.1 Å². The van der Waals surface area contributed by atoms with Gasteiger partial charge in [0.15, 0.2) is 11.0 Å². The molecule has 0 unspecified atom stereocenters. The second kappa shape index (κ2) is 2.99. The maximum Gasteiger partial charge on any atom is 0.278 e. The molecule has 6 heteroatoms. The van der Waals surface area contributed by atoms with E-state index in [1.165, 1.54) is 0 Å². The molecule has 0 aliphatic heterocycles. The van der Waals surface area contributed by atoms with E-state index in [1.54, 1.807) is 24.3 Å². The molecule has 78 valence electrons. The quantitative estimate of drug-likeness (QED) is 0.557. The highest BCUT2D eigenvalue weighted by atomic mass is 16.1. The molecule has 0 aliphatic carbocycles. The topological polar surface area (TPSA) is 91.5 Å². The molecule has 16 heavy (non-hydrogen) atoms. The summed E-state index contributed by atoms with van der Waals surface area (Å²) in [6.45, 7) is 0. The van der Waals surface area contributed by atoms with Gasteiger partial charge < -0.3 is 4.98 Å². The number of hydrogen-bond acceptors (Lipinski definition) is 4. The fourth-order valence-electron chi connectivity index (χ4n) is 1.65. The minimum atomic E-state index is -0.429. The van der Waals surface area contributed by atoms with Crippen LogP contribution in [0.1, 0.15) is 0 Å². The van der Waals surface area contributed by atoms with Crippen LogP contribution >= 0.6 is 0 Å². The van der Waals surface area contributed by atoms with E-state index in [9.17, 15) is 9.59 Å². The number of para-hydroxylation sites is 1. The normalized spacial score (nSPS) is 11.0. The Bertz CT molecular complexity index is 803. The molecule has 0 saturated heterocycles. The van der Waals surface area contributed by atoms with Crippen LogP contribution in [0.2, 0.25) is 0 Å². The summed E-state index contributed by atoms with van der Waals surface area (Å²) in [7, 11) is 0. The molecule has 0 spiro atoms. The Morgan fingerprint density at radius 1 is 1.00 bits per heavy atom. The van der Waals surface area contributed by atoms with Crippen molar-refractivity contribution in [1.82, 2.24) is 20.4 Å². The van der Waals surface area contributed by atoms with Crippen molar-refractivity contribution < 1.29 is 0 Å². The van der Waals surface area contributed by atoms with Crippen molar-refractivity contribution in [3.8, 4) is 0 Å². The van der Waals surface area contributed by atoms with Gasteiger partial charge in [0.2, 0.25) is 5.43 Å². The van der Waals surface area contributed by atoms with E-state index in [1.807, 2.05) is 0 Å². The molecule has 0 aliphatic rings. The molecule has 0 atom stereocenters. The van der Waals surface area contributed by atoms with Crippen molar-refractivity contribution in [3.63, 3.8) is 0 Å². The van der Waals surface area contributed by atoms with Gasteiger partial charge in [0.05, 0.1) is 5.52 Å². The summed E-state index contributed by atoms with van der Waals surface area (Å²) in [4.78, 5) is 26.3. The number of aromatic nitrogens is 4. The van der Waals surface area contributed by atoms with Crippen LogP contribution in [-0.4, -0.2) is 20.4 Å². The Morgan fingerprint density at radius 3 is 2.62 bits per heavy atom. The first-order valence-electron chi connectivity index (χ1n) is 4.63. The van der Waals surface area contributed by atoms with Crippen LogP contribution in [0.4, 0.5) is 0 Å². The van der Waals surface area contributed by atoms with E-state index in [2.05, 4.69) is 20.4 Å². The van der Waals surface area contributed by atoms with Crippen LogP contribution in [0.25, 0.3) is 21.9 Å². The third kappa shape index (κ3) is 1.07. The summed E-state index contributed by atoms with van der Waals surface area (Å²) in [5.41, 5.74) is -0.166. The van der Waals surface area contributed by atoms with E-state index in [0.29, 0.717) is 10.9 Å². The number of rotatable bonds is 0. The molecule has 3 rings (SSSR count). The highest BCUT2D eigenvalue weighted by molar-refractivity contribution is 5.86. The summed E-state index contributed by atoms with van der Waals surface area (Å²) in [5.74, 6) is 0. The molecule has 6 nitrogen and oxygen atoms in total. The van der Waals surface area contributed by atoms with Gasteiger partial charge >= 0.3 is 0 Å². The Morgan fingerprint density at radius 2 is 1.75 bits per heavy atom. The lowest BCUT2D eigenvalue weighted by molar-refractivity contribution is 0.955. The number of benzene rings is 1. The van der Waals surface area contributed by atoms with Gasteiger partial charge in [-0.15, -0.1) is 0 Å². The summed E-state index contributed by atoms with van der Waals surface area (Å²) >= 11 is 0. The Hall–Kier alpha value is -2.50. The van der Waals surface area contributed by atoms with Gasteiger partial charge in [0, 0.05) is 5.39 Å². The smallest absolute Gasteiger partial charge is 0.278 e. The first-order valence-corrected chi connectivity index (χ1v) is 4.63. The SMILES string of the molecule is O=c1[nH]c2ccccc2c(=O)c2n[nH]nc12. The van der Waals surface area contributed by atoms with E-state index < -0.39 is 5.56 Å². The molecule has 0 fully saturated rings. The summed E-state index contributed by atoms with van der Waals surface area (Å²) in [5, 5.41) is 10.1. The van der Waals surface area contributed by atoms with E-state index >= 15 is 0 Å². The molecule has 0 radical (unpaired) electrons. The lowest BCUT2D eigenvalue weighted by Gasteiger charge is -1.87. The lowest BCUT2D eigenvalue weighted by atomic mass is 10.2. The number of fused-ring (bicyclic) bond motifs is 2. The number of H-pyrrole nitrogens is 2. The van der Waals surface area contributed by atoms with Crippen molar-refractivity contribution in [2.75, 3.05) is 0 Å². The summed E-state index contributed by atoms with van der Waals surface area (Å²) in [6.07, 6.45) is 0. The van der Waals surface area contributed by atoms with Gasteiger partial charge in [-0.2, -0.15) is 15.4 Å². The Balaban J connectivity index is 2.80. The van der Waals surface area contributed by atoms with Crippen molar-refractivity contribution in [3.05, 3.63) is 44.8 Å². The zero-order valence-electron chi connectivity index (χ0n) is 8.02. The molecule has 2 aromatic heterocycles. The van der Waals surface area contributed by atoms with Crippen LogP contribution in [-0.2, 0) is 0 Å². The van der Waals surface area contributed by atoms with Gasteiger partial charge in [-0.1, -0.05) is 12.1 Å². The molecule has 2 N–H and O–H groups in total. The maximum atomic E-state index is 12.0. The molecule has 0 bridgehead atoms. The largest absolute Gasteiger partial charge is 0.320 e. The zero-order valence-corrected chi connectivity index (χ0v) is 8.02. The van der Waals surface area contributed by atoms with Crippen molar-refractivity contribution >= 4 is 21.9 Å². The van der Waals surface area contributed by atoms with Crippen LogP contribution in [0, 0.1) is 0 Å². The minimum absolute atomic E-state index is 0.0289. The fraction of sp³-hybridized carbons (Fsp3) is 0. The number of aromatic amines is 2. The molecule has 2 heterocycles. The third-order valence-corrected chi connectivity index (χ3v) is 2.40. The van der Waals surface area contributed by atoms with Crippen molar-refractivity contribution in [2.45, 2.75) is 0 Å². The standard InChI is InChI=1S/C10H6N4O2/c15-9-5-3-1-2-4-6(5)11-10(16)8-7(9)12-14-13-8/h1-4H,(H,11,16)(H,12,13,14). The molecule has 1 aromatic carbocycles. The number of nitrogens with zero attached hydrogens (tertiary/aromatic N) is 2. The Labute approximate surface area is 87.9 Å². The molecular weight excluding hydrogens is 208 g/mol. The van der Waals surface area contributed by atoms with Crippen LogP contribution in [0.5, 0.6) is 0 Å². The van der Waals surface area contributed by atoms with Gasteiger partial charge in [0.1, 0.15) is 0 Å². The van der Waals surface area contributed by atoms with E-state index in [-0.39, 0.29) is 16.5 Å². The zero-order chi connectivity index (χ0) is 11.1. The molecule has 3 aromatic rings. The van der Waals surface area contributed by atoms with Crippen LogP contribution in [0.3, 0.4) is 0 Å². The fourth-order valence-corrected chi connectivity index (χ4v) is 1.65. The molecular formula is C10H6N4O2. The second-order valence-corrected chi connectivity index (χ2v) is 3.35. The molecule has 0 amide bonds. The third-order valence-electron chi connectivity index (χ3n) is 2.40. The van der Waals surface area contributed by atoms with Crippen molar-refractivity contribution in [2.24, 2.45) is 0 Å². The van der Waals surface area contributed by atoms with Crippen LogP contribution in [0.15, 0.2) is 33.9 Å². The lowest BCUT2D eigenvalue weighted by Crippen LogP contribution is -2.02. The number of hydrogen-bond donors (Lipinski definition) is 2. The first-order chi connectivity index (χ1) is 7.77. The maximum absolute atomic E-state index is 12.0. The average Bonchev–Trinajstić information content (AvgIpc) is 2.74. The predicted octanol–water partition coefficient (Wildman–Crippen LogP) is 0.160. The summed E-state index contributed by atoms with van der Waals surface area (Å²) in [6, 6.07) is 6.78. The van der Waals surface area contributed by atoms with Gasteiger partial charge in [-0.25, -0.2) is 0 Å². The average molecular weight is 214 g/mol.